The molecule has 4 N–H and O–H groups in total. The van der Waals surface area contributed by atoms with Crippen LogP contribution >= 0.6 is 0 Å². The fraction of sp³-hybridized carbons (Fsp3) is 0.636. The number of amides is 2. The second-order valence-corrected chi connectivity index (χ2v) is 8.94. The normalized spacial score (nSPS) is 23.7. The van der Waals surface area contributed by atoms with Crippen LogP contribution in [0.1, 0.15) is 64.5 Å². The first kappa shape index (κ1) is 22.4. The minimum atomic E-state index is -0.655. The lowest BCUT2D eigenvalue weighted by Gasteiger charge is -2.42. The van der Waals surface area contributed by atoms with Crippen molar-refractivity contribution < 1.29 is 14.7 Å². The van der Waals surface area contributed by atoms with Gasteiger partial charge in [0.25, 0.3) is 0 Å². The van der Waals surface area contributed by atoms with Gasteiger partial charge < -0.3 is 21.1 Å². The van der Waals surface area contributed by atoms with Gasteiger partial charge in [-0.1, -0.05) is 45.0 Å². The number of hydrogen-bond acceptors (Lipinski definition) is 4. The third-order valence-electron chi connectivity index (χ3n) is 5.69. The number of aliphatic hydroxyl groups excluding tert-OH is 1. The molecule has 2 rings (SSSR count). The monoisotopic (exact) mass is 389 g/mol. The topological polar surface area (TPSA) is 90.5 Å². The summed E-state index contributed by atoms with van der Waals surface area (Å²) in [5.74, 6) is -0.146. The van der Waals surface area contributed by atoms with Crippen LogP contribution in [0.2, 0.25) is 0 Å². The van der Waals surface area contributed by atoms with Gasteiger partial charge in [-0.2, -0.15) is 0 Å². The molecule has 0 spiro atoms. The van der Waals surface area contributed by atoms with Gasteiger partial charge in [0.1, 0.15) is 0 Å². The van der Waals surface area contributed by atoms with Crippen LogP contribution in [0.15, 0.2) is 24.3 Å². The summed E-state index contributed by atoms with van der Waals surface area (Å²) in [7, 11) is 0. The van der Waals surface area contributed by atoms with Crippen molar-refractivity contribution in [3.63, 3.8) is 0 Å². The summed E-state index contributed by atoms with van der Waals surface area (Å²) in [4.78, 5) is 21.9. The van der Waals surface area contributed by atoms with E-state index in [1.807, 2.05) is 0 Å². The Morgan fingerprint density at radius 1 is 1.29 bits per heavy atom. The van der Waals surface area contributed by atoms with Gasteiger partial charge in [0.15, 0.2) is 0 Å². The maximum Gasteiger partial charge on any atom is 0.216 e. The minimum Gasteiger partial charge on any atom is -0.390 e. The molecule has 0 unspecified atom stereocenters. The Morgan fingerprint density at radius 3 is 2.54 bits per heavy atom. The van der Waals surface area contributed by atoms with Gasteiger partial charge in [0.05, 0.1) is 6.10 Å². The molecule has 1 aliphatic rings. The highest BCUT2D eigenvalue weighted by molar-refractivity contribution is 5.72. The van der Waals surface area contributed by atoms with Crippen molar-refractivity contribution in [3.8, 4) is 0 Å². The molecule has 0 heterocycles. The summed E-state index contributed by atoms with van der Waals surface area (Å²) >= 11 is 0. The van der Waals surface area contributed by atoms with Crippen LogP contribution in [-0.4, -0.2) is 42.7 Å². The molecule has 0 aliphatic heterocycles. The van der Waals surface area contributed by atoms with Crippen molar-refractivity contribution in [2.45, 2.75) is 76.5 Å². The number of nitrogens with one attached hydrogen (secondary N) is 3. The van der Waals surface area contributed by atoms with Gasteiger partial charge in [-0.15, -0.1) is 0 Å². The zero-order valence-electron chi connectivity index (χ0n) is 17.5. The zero-order chi connectivity index (χ0) is 20.8. The van der Waals surface area contributed by atoms with Crippen LogP contribution in [0, 0.1) is 0 Å². The highest BCUT2D eigenvalue weighted by atomic mass is 16.3. The Balaban J connectivity index is 2.20. The lowest BCUT2D eigenvalue weighted by Crippen LogP contribution is -2.51. The van der Waals surface area contributed by atoms with Crippen LogP contribution in [0.25, 0.3) is 0 Å². The molecule has 0 saturated heterocycles. The number of rotatable bonds is 8. The summed E-state index contributed by atoms with van der Waals surface area (Å²) in [6, 6.07) is 8.87. The average molecular weight is 390 g/mol. The lowest BCUT2D eigenvalue weighted by atomic mass is 9.73. The molecule has 0 radical (unpaired) electrons. The van der Waals surface area contributed by atoms with Crippen molar-refractivity contribution in [1.29, 1.82) is 0 Å². The minimum absolute atomic E-state index is 0.0540. The fourth-order valence-corrected chi connectivity index (χ4v) is 3.87. The van der Waals surface area contributed by atoms with Crippen molar-refractivity contribution in [1.82, 2.24) is 16.0 Å². The molecule has 1 aromatic carbocycles. The first-order chi connectivity index (χ1) is 13.2. The van der Waals surface area contributed by atoms with E-state index in [-0.39, 0.29) is 29.4 Å². The van der Waals surface area contributed by atoms with E-state index in [4.69, 9.17) is 0 Å². The first-order valence-corrected chi connectivity index (χ1v) is 10.1. The lowest BCUT2D eigenvalue weighted by molar-refractivity contribution is -0.119. The average Bonchev–Trinajstić information content (AvgIpc) is 2.65. The van der Waals surface area contributed by atoms with Crippen LogP contribution in [0.3, 0.4) is 0 Å². The predicted molar refractivity (Wildman–Crippen MR) is 111 cm³/mol. The number of benzene rings is 1. The Morgan fingerprint density at radius 2 is 1.96 bits per heavy atom. The van der Waals surface area contributed by atoms with E-state index in [1.165, 1.54) is 18.1 Å². The second-order valence-electron chi connectivity index (χ2n) is 8.94. The molecule has 156 valence electrons. The van der Waals surface area contributed by atoms with Gasteiger partial charge in [-0.25, -0.2) is 0 Å². The SMILES string of the molecule is CC(=O)NC[C@H](O)CNC1(c2cccc(C(C)(C)C)c2)CCC(NC=O)CC1. The number of hydrogen-bond donors (Lipinski definition) is 4. The van der Waals surface area contributed by atoms with Crippen molar-refractivity contribution in [3.05, 3.63) is 35.4 Å². The van der Waals surface area contributed by atoms with Gasteiger partial charge in [-0.05, 0) is 42.2 Å². The van der Waals surface area contributed by atoms with E-state index in [0.29, 0.717) is 6.54 Å². The number of aliphatic hydroxyl groups is 1. The molecule has 6 nitrogen and oxygen atoms in total. The maximum absolute atomic E-state index is 11.1. The van der Waals surface area contributed by atoms with Gasteiger partial charge in [0, 0.05) is 31.6 Å². The molecule has 6 heteroatoms. The van der Waals surface area contributed by atoms with Gasteiger partial charge in [-0.3, -0.25) is 9.59 Å². The zero-order valence-corrected chi connectivity index (χ0v) is 17.5. The highest BCUT2D eigenvalue weighted by Crippen LogP contribution is 2.38. The smallest absolute Gasteiger partial charge is 0.216 e. The standard InChI is InChI=1S/C22H35N3O3/c1-16(27)23-13-20(28)14-25-22(10-8-19(9-11-22)24-15-26)18-7-5-6-17(12-18)21(2,3)4/h5-7,12,15,19-20,25,28H,8-11,13-14H2,1-4H3,(H,23,27)(H,24,26)/t19?,20-,22?/m0/s1. The Hall–Kier alpha value is -1.92. The third kappa shape index (κ3) is 6.04. The summed E-state index contributed by atoms with van der Waals surface area (Å²) < 4.78 is 0. The first-order valence-electron chi connectivity index (χ1n) is 10.1. The number of carbonyl (C=O) groups excluding carboxylic acids is 2. The molecular formula is C22H35N3O3. The van der Waals surface area contributed by atoms with Crippen LogP contribution in [0.4, 0.5) is 0 Å². The molecule has 0 aromatic heterocycles. The Kier molecular flexibility index (Phi) is 7.61. The largest absolute Gasteiger partial charge is 0.390 e. The van der Waals surface area contributed by atoms with E-state index in [0.717, 1.165) is 32.1 Å². The van der Waals surface area contributed by atoms with E-state index in [2.05, 4.69) is 61.0 Å². The van der Waals surface area contributed by atoms with E-state index in [9.17, 15) is 14.7 Å². The molecule has 1 atom stereocenters. The summed E-state index contributed by atoms with van der Waals surface area (Å²) in [5, 5.41) is 19.4. The van der Waals surface area contributed by atoms with Gasteiger partial charge >= 0.3 is 0 Å². The van der Waals surface area contributed by atoms with Crippen LogP contribution < -0.4 is 16.0 Å². The van der Waals surface area contributed by atoms with Crippen molar-refractivity contribution in [2.75, 3.05) is 13.1 Å². The van der Waals surface area contributed by atoms with Crippen LogP contribution in [0.5, 0.6) is 0 Å². The second kappa shape index (κ2) is 9.52. The van der Waals surface area contributed by atoms with Crippen molar-refractivity contribution >= 4 is 12.3 Å². The van der Waals surface area contributed by atoms with E-state index >= 15 is 0 Å². The molecule has 1 fully saturated rings. The molecule has 1 aliphatic carbocycles. The van der Waals surface area contributed by atoms with Crippen LogP contribution in [-0.2, 0) is 20.5 Å². The molecular weight excluding hydrogens is 354 g/mol. The summed E-state index contributed by atoms with van der Waals surface area (Å²) in [6.45, 7) is 8.68. The Labute approximate surface area is 168 Å². The third-order valence-corrected chi connectivity index (χ3v) is 5.69. The molecule has 28 heavy (non-hydrogen) atoms. The van der Waals surface area contributed by atoms with Crippen molar-refractivity contribution in [2.24, 2.45) is 0 Å². The quantitative estimate of drug-likeness (QED) is 0.512. The Bertz CT molecular complexity index is 661. The summed E-state index contributed by atoms with van der Waals surface area (Å²) in [6.07, 6.45) is 3.64. The fourth-order valence-electron chi connectivity index (χ4n) is 3.87. The van der Waals surface area contributed by atoms with E-state index in [1.54, 1.807) is 0 Å². The number of carbonyl (C=O) groups is 2. The highest BCUT2D eigenvalue weighted by Gasteiger charge is 2.37. The van der Waals surface area contributed by atoms with Gasteiger partial charge in [0.2, 0.25) is 12.3 Å². The molecule has 1 aromatic rings. The predicted octanol–water partition coefficient (Wildman–Crippen LogP) is 1.95. The molecule has 1 saturated carbocycles. The molecule has 2 amide bonds. The molecule has 0 bridgehead atoms. The summed E-state index contributed by atoms with van der Waals surface area (Å²) in [5.41, 5.74) is 2.30. The maximum atomic E-state index is 11.1. The van der Waals surface area contributed by atoms with E-state index < -0.39 is 6.10 Å².